The fourth-order valence-corrected chi connectivity index (χ4v) is 2.08. The first-order chi connectivity index (χ1) is 8.58. The minimum Gasteiger partial charge on any atom is -0.549 e. The van der Waals surface area contributed by atoms with Gasteiger partial charge in [-0.3, -0.25) is 4.98 Å². The molecule has 2 aromatic heterocycles. The SMILES string of the molecule is O=C([O-])CSc1ncnc2c1[nH]c[n+]2CC(=O)O. The Kier molecular flexibility index (Phi) is 3.42. The maximum atomic E-state index is 10.6. The van der Waals surface area contributed by atoms with Crippen LogP contribution in [0.4, 0.5) is 0 Å². The molecule has 0 aliphatic rings. The molecule has 0 saturated carbocycles. The highest BCUT2D eigenvalue weighted by Crippen LogP contribution is 2.20. The highest BCUT2D eigenvalue weighted by Gasteiger charge is 2.18. The van der Waals surface area contributed by atoms with E-state index in [0.29, 0.717) is 16.2 Å². The lowest BCUT2D eigenvalue weighted by atomic mass is 10.5. The second-order valence-corrected chi connectivity index (χ2v) is 4.30. The van der Waals surface area contributed by atoms with Gasteiger partial charge in [-0.15, -0.1) is 0 Å². The maximum absolute atomic E-state index is 10.6. The molecule has 0 amide bonds. The molecule has 2 heterocycles. The smallest absolute Gasteiger partial charge is 0.338 e. The number of nitrogens with zero attached hydrogens (tertiary/aromatic N) is 3. The number of carboxylic acid groups (broad SMARTS) is 2. The van der Waals surface area contributed by atoms with E-state index in [1.165, 1.54) is 17.2 Å². The number of carbonyl (C=O) groups is 2. The fourth-order valence-electron chi connectivity index (χ4n) is 1.41. The number of aliphatic carboxylic acids is 2. The van der Waals surface area contributed by atoms with Gasteiger partial charge < -0.3 is 15.0 Å². The second kappa shape index (κ2) is 5.00. The number of imidazole rings is 1. The molecule has 0 aliphatic heterocycles. The largest absolute Gasteiger partial charge is 0.549 e. The van der Waals surface area contributed by atoms with E-state index < -0.39 is 11.9 Å². The number of carboxylic acids is 2. The van der Waals surface area contributed by atoms with Crippen LogP contribution in [0.2, 0.25) is 0 Å². The van der Waals surface area contributed by atoms with Crippen LogP contribution in [0.1, 0.15) is 0 Å². The Labute approximate surface area is 105 Å². The molecular formula is C9H8N4O4S. The van der Waals surface area contributed by atoms with Gasteiger partial charge in [0.05, 0.1) is 5.97 Å². The second-order valence-electron chi connectivity index (χ2n) is 3.33. The van der Waals surface area contributed by atoms with Crippen molar-refractivity contribution < 1.29 is 24.4 Å². The molecule has 2 rings (SSSR count). The molecule has 0 aliphatic carbocycles. The molecule has 0 atom stereocenters. The standard InChI is InChI=1S/C9H8N4O4S/c14-5(15)1-13-4-12-7-8(13)10-3-11-9(7)18-2-6(16)17/h3-4H,1-2H2,(H2,14,15,16,17). The summed E-state index contributed by atoms with van der Waals surface area (Å²) in [6, 6.07) is 0. The summed E-state index contributed by atoms with van der Waals surface area (Å²) >= 11 is 0.985. The molecule has 8 nitrogen and oxygen atoms in total. The Morgan fingerprint density at radius 3 is 2.94 bits per heavy atom. The summed E-state index contributed by atoms with van der Waals surface area (Å²) in [4.78, 5) is 31.8. The molecule has 18 heavy (non-hydrogen) atoms. The van der Waals surface area contributed by atoms with Crippen molar-refractivity contribution in [1.82, 2.24) is 15.0 Å². The third kappa shape index (κ3) is 2.56. The van der Waals surface area contributed by atoms with Gasteiger partial charge in [-0.2, -0.15) is 0 Å². The summed E-state index contributed by atoms with van der Waals surface area (Å²) in [7, 11) is 0. The zero-order valence-corrected chi connectivity index (χ0v) is 9.81. The molecule has 0 fully saturated rings. The molecule has 2 N–H and O–H groups in total. The third-order valence-electron chi connectivity index (χ3n) is 2.06. The molecule has 94 valence electrons. The Hall–Kier alpha value is -2.16. The lowest BCUT2D eigenvalue weighted by molar-refractivity contribution is -0.661. The summed E-state index contributed by atoms with van der Waals surface area (Å²) in [5.74, 6) is -2.43. The van der Waals surface area contributed by atoms with Gasteiger partial charge in [0.2, 0.25) is 5.52 Å². The number of aromatic amines is 1. The average molecular weight is 268 g/mol. The predicted octanol–water partition coefficient (Wildman–Crippen LogP) is -1.83. The van der Waals surface area contributed by atoms with E-state index in [9.17, 15) is 14.7 Å². The van der Waals surface area contributed by atoms with Crippen LogP contribution < -0.4 is 9.67 Å². The van der Waals surface area contributed by atoms with Crippen LogP contribution in [0.3, 0.4) is 0 Å². The van der Waals surface area contributed by atoms with E-state index >= 15 is 0 Å². The first-order valence-electron chi connectivity index (χ1n) is 4.84. The van der Waals surface area contributed by atoms with E-state index in [4.69, 9.17) is 5.11 Å². The Bertz CT molecular complexity index is 612. The van der Waals surface area contributed by atoms with Gasteiger partial charge in [-0.25, -0.2) is 14.3 Å². The van der Waals surface area contributed by atoms with Crippen LogP contribution in [0.25, 0.3) is 11.2 Å². The Morgan fingerprint density at radius 1 is 1.50 bits per heavy atom. The number of hydrogen-bond acceptors (Lipinski definition) is 6. The maximum Gasteiger partial charge on any atom is 0.338 e. The number of carbonyl (C=O) groups excluding carboxylic acids is 1. The molecule has 0 spiro atoms. The normalized spacial score (nSPS) is 10.7. The zero-order chi connectivity index (χ0) is 13.1. The van der Waals surface area contributed by atoms with Crippen molar-refractivity contribution in [3.8, 4) is 0 Å². The highest BCUT2D eigenvalue weighted by atomic mass is 32.2. The molecule has 2 aromatic rings. The summed E-state index contributed by atoms with van der Waals surface area (Å²) in [6.45, 7) is -0.235. The lowest BCUT2D eigenvalue weighted by Crippen LogP contribution is -2.36. The number of aromatic nitrogens is 4. The van der Waals surface area contributed by atoms with E-state index in [-0.39, 0.29) is 12.3 Å². The molecule has 0 saturated heterocycles. The molecule has 0 radical (unpaired) electrons. The van der Waals surface area contributed by atoms with Crippen molar-refractivity contribution in [1.29, 1.82) is 0 Å². The van der Waals surface area contributed by atoms with Crippen LogP contribution in [-0.4, -0.2) is 37.7 Å². The Balaban J connectivity index is 2.35. The monoisotopic (exact) mass is 268 g/mol. The minimum atomic E-state index is -1.20. The third-order valence-corrected chi connectivity index (χ3v) is 3.02. The van der Waals surface area contributed by atoms with Crippen LogP contribution in [0.15, 0.2) is 17.7 Å². The molecular weight excluding hydrogens is 260 g/mol. The summed E-state index contributed by atoms with van der Waals surface area (Å²) in [6.07, 6.45) is 2.71. The minimum absolute atomic E-state index is 0.232. The van der Waals surface area contributed by atoms with Crippen molar-refractivity contribution >= 4 is 34.9 Å². The Morgan fingerprint density at radius 2 is 2.28 bits per heavy atom. The lowest BCUT2D eigenvalue weighted by Gasteiger charge is -1.99. The van der Waals surface area contributed by atoms with Crippen molar-refractivity contribution in [2.45, 2.75) is 11.6 Å². The van der Waals surface area contributed by atoms with E-state index in [0.717, 1.165) is 11.8 Å². The molecule has 0 aromatic carbocycles. The molecule has 0 unspecified atom stereocenters. The quantitative estimate of drug-likeness (QED) is 0.371. The highest BCUT2D eigenvalue weighted by molar-refractivity contribution is 8.00. The van der Waals surface area contributed by atoms with Crippen LogP contribution in [0, 0.1) is 0 Å². The molecule has 0 bridgehead atoms. The number of thioether (sulfide) groups is 1. The van der Waals surface area contributed by atoms with E-state index in [1.54, 1.807) is 0 Å². The summed E-state index contributed by atoms with van der Waals surface area (Å²) in [5.41, 5.74) is 0.915. The van der Waals surface area contributed by atoms with Gasteiger partial charge in [0.1, 0.15) is 5.03 Å². The predicted molar refractivity (Wildman–Crippen MR) is 57.5 cm³/mol. The number of nitrogens with one attached hydrogen (secondary N) is 1. The first kappa shape index (κ1) is 12.3. The van der Waals surface area contributed by atoms with Gasteiger partial charge in [-0.1, -0.05) is 16.7 Å². The average Bonchev–Trinajstić information content (AvgIpc) is 2.69. The first-order valence-corrected chi connectivity index (χ1v) is 5.82. The van der Waals surface area contributed by atoms with Crippen LogP contribution in [-0.2, 0) is 16.1 Å². The van der Waals surface area contributed by atoms with Crippen molar-refractivity contribution in [2.75, 3.05) is 5.75 Å². The van der Waals surface area contributed by atoms with Crippen molar-refractivity contribution in [3.63, 3.8) is 0 Å². The van der Waals surface area contributed by atoms with Crippen molar-refractivity contribution in [2.24, 2.45) is 0 Å². The van der Waals surface area contributed by atoms with E-state index in [1.807, 2.05) is 0 Å². The van der Waals surface area contributed by atoms with E-state index in [2.05, 4.69) is 15.0 Å². The topological polar surface area (TPSA) is 123 Å². The fraction of sp³-hybridized carbons (Fsp3) is 0.222. The van der Waals surface area contributed by atoms with Crippen molar-refractivity contribution in [3.05, 3.63) is 12.7 Å². The number of fused-ring (bicyclic) bond motifs is 1. The number of H-pyrrole nitrogens is 1. The van der Waals surface area contributed by atoms with Gasteiger partial charge >= 0.3 is 11.6 Å². The number of hydrogen-bond donors (Lipinski definition) is 2. The van der Waals surface area contributed by atoms with Gasteiger partial charge in [0.15, 0.2) is 19.2 Å². The number of rotatable bonds is 5. The van der Waals surface area contributed by atoms with Gasteiger partial charge in [-0.05, 0) is 0 Å². The van der Waals surface area contributed by atoms with Crippen LogP contribution in [0.5, 0.6) is 0 Å². The zero-order valence-electron chi connectivity index (χ0n) is 8.99. The van der Waals surface area contributed by atoms with Crippen LogP contribution >= 0.6 is 11.8 Å². The molecule has 9 heteroatoms. The summed E-state index contributed by atoms with van der Waals surface area (Å²) < 4.78 is 1.41. The van der Waals surface area contributed by atoms with Gasteiger partial charge in [0, 0.05) is 5.75 Å². The van der Waals surface area contributed by atoms with Gasteiger partial charge in [0.25, 0.3) is 0 Å². The summed E-state index contributed by atoms with van der Waals surface area (Å²) in [5, 5.41) is 19.6.